The molecule has 0 bridgehead atoms. The summed E-state index contributed by atoms with van der Waals surface area (Å²) in [7, 11) is 0. The minimum Gasteiger partial charge on any atom is -0.546 e. The number of carboxylic acids is 1. The predicted molar refractivity (Wildman–Crippen MR) is 90.3 cm³/mol. The van der Waals surface area contributed by atoms with Crippen molar-refractivity contribution in [3.05, 3.63) is 29.8 Å². The fourth-order valence-corrected chi connectivity index (χ4v) is 2.64. The standard InChI is InChI=1S/C16H21N3O3S/c20-15(21)11-22-14-8-6-12(7-9-14)10-17-19-16(23)18-13-4-2-1-3-5-13/h6-10,13H,1-5,11H2,(H,20,21)(H2,18,19,23)/p-1/b17-10-. The second-order valence-electron chi connectivity index (χ2n) is 5.41. The summed E-state index contributed by atoms with van der Waals surface area (Å²) in [6, 6.07) is 7.33. The van der Waals surface area contributed by atoms with E-state index in [0.717, 1.165) is 18.4 Å². The van der Waals surface area contributed by atoms with Crippen molar-refractivity contribution >= 4 is 29.5 Å². The van der Waals surface area contributed by atoms with Crippen molar-refractivity contribution in [1.29, 1.82) is 0 Å². The number of hydrazone groups is 1. The molecule has 0 unspecified atom stereocenters. The van der Waals surface area contributed by atoms with E-state index in [1.807, 2.05) is 0 Å². The molecular formula is C16H20N3O3S-. The molecule has 0 atom stereocenters. The van der Waals surface area contributed by atoms with E-state index in [-0.39, 0.29) is 0 Å². The van der Waals surface area contributed by atoms with Crippen molar-refractivity contribution in [3.8, 4) is 5.75 Å². The molecule has 0 heterocycles. The summed E-state index contributed by atoms with van der Waals surface area (Å²) in [6.07, 6.45) is 7.74. The van der Waals surface area contributed by atoms with Gasteiger partial charge in [-0.1, -0.05) is 19.3 Å². The van der Waals surface area contributed by atoms with Crippen LogP contribution in [0.5, 0.6) is 5.75 Å². The number of hydrogen-bond acceptors (Lipinski definition) is 5. The molecule has 0 spiro atoms. The van der Waals surface area contributed by atoms with E-state index in [2.05, 4.69) is 15.8 Å². The minimum atomic E-state index is -1.25. The van der Waals surface area contributed by atoms with Crippen LogP contribution in [0.4, 0.5) is 0 Å². The smallest absolute Gasteiger partial charge is 0.187 e. The molecule has 124 valence electrons. The third-order valence-electron chi connectivity index (χ3n) is 3.56. The highest BCUT2D eigenvalue weighted by Gasteiger charge is 2.13. The van der Waals surface area contributed by atoms with Gasteiger partial charge in [-0.2, -0.15) is 5.10 Å². The van der Waals surface area contributed by atoms with Crippen LogP contribution >= 0.6 is 12.2 Å². The lowest BCUT2D eigenvalue weighted by atomic mass is 9.96. The average Bonchev–Trinajstić information content (AvgIpc) is 2.55. The van der Waals surface area contributed by atoms with E-state index in [9.17, 15) is 9.90 Å². The average molecular weight is 334 g/mol. The summed E-state index contributed by atoms with van der Waals surface area (Å²) >= 11 is 5.21. The molecule has 23 heavy (non-hydrogen) atoms. The Balaban J connectivity index is 1.73. The van der Waals surface area contributed by atoms with Crippen molar-refractivity contribution in [3.63, 3.8) is 0 Å². The zero-order chi connectivity index (χ0) is 16.5. The molecule has 0 saturated heterocycles. The summed E-state index contributed by atoms with van der Waals surface area (Å²) in [5.74, 6) is -0.785. The van der Waals surface area contributed by atoms with Gasteiger partial charge in [0.05, 0.1) is 12.2 Å². The van der Waals surface area contributed by atoms with Crippen LogP contribution in [0.15, 0.2) is 29.4 Å². The molecule has 2 N–H and O–H groups in total. The van der Waals surface area contributed by atoms with Crippen molar-refractivity contribution in [2.45, 2.75) is 38.1 Å². The molecule has 1 fully saturated rings. The molecular weight excluding hydrogens is 314 g/mol. The Morgan fingerprint density at radius 1 is 1.30 bits per heavy atom. The third kappa shape index (κ3) is 6.65. The second kappa shape index (κ2) is 9.09. The molecule has 0 aliphatic heterocycles. The monoisotopic (exact) mass is 334 g/mol. The number of ether oxygens (including phenoxy) is 1. The Labute approximate surface area is 140 Å². The lowest BCUT2D eigenvalue weighted by Crippen LogP contribution is -2.40. The van der Waals surface area contributed by atoms with Gasteiger partial charge >= 0.3 is 0 Å². The van der Waals surface area contributed by atoms with Crippen LogP contribution < -0.4 is 20.6 Å². The van der Waals surface area contributed by atoms with Crippen LogP contribution in [0, 0.1) is 0 Å². The van der Waals surface area contributed by atoms with E-state index in [1.54, 1.807) is 30.5 Å². The molecule has 1 aliphatic rings. The summed E-state index contributed by atoms with van der Waals surface area (Å²) in [5.41, 5.74) is 3.65. The lowest BCUT2D eigenvalue weighted by Gasteiger charge is -2.23. The highest BCUT2D eigenvalue weighted by Crippen LogP contribution is 2.17. The van der Waals surface area contributed by atoms with Gasteiger partial charge in [0.25, 0.3) is 0 Å². The number of hydrogen-bond donors (Lipinski definition) is 2. The lowest BCUT2D eigenvalue weighted by molar-refractivity contribution is -0.307. The first-order chi connectivity index (χ1) is 11.1. The van der Waals surface area contributed by atoms with E-state index in [4.69, 9.17) is 17.0 Å². The van der Waals surface area contributed by atoms with Gasteiger partial charge in [0.1, 0.15) is 12.4 Å². The van der Waals surface area contributed by atoms with Crippen molar-refractivity contribution in [1.82, 2.24) is 10.7 Å². The van der Waals surface area contributed by atoms with E-state index in [1.165, 1.54) is 19.3 Å². The van der Waals surface area contributed by atoms with Crippen LogP contribution in [0.3, 0.4) is 0 Å². The zero-order valence-corrected chi connectivity index (χ0v) is 13.6. The molecule has 1 aromatic rings. The maximum atomic E-state index is 10.3. The number of carboxylic acid groups (broad SMARTS) is 1. The molecule has 0 radical (unpaired) electrons. The van der Waals surface area contributed by atoms with Gasteiger partial charge in [0.15, 0.2) is 5.11 Å². The summed E-state index contributed by atoms with van der Waals surface area (Å²) in [5, 5.41) is 18.2. The largest absolute Gasteiger partial charge is 0.546 e. The van der Waals surface area contributed by atoms with Crippen LogP contribution in [-0.4, -0.2) is 29.9 Å². The molecule has 1 saturated carbocycles. The van der Waals surface area contributed by atoms with E-state index < -0.39 is 12.6 Å². The van der Waals surface area contributed by atoms with Gasteiger partial charge in [-0.25, -0.2) is 0 Å². The molecule has 0 amide bonds. The fraction of sp³-hybridized carbons (Fsp3) is 0.438. The highest BCUT2D eigenvalue weighted by molar-refractivity contribution is 7.80. The Kier molecular flexibility index (Phi) is 6.80. The number of nitrogens with zero attached hydrogens (tertiary/aromatic N) is 1. The van der Waals surface area contributed by atoms with Gasteiger partial charge in [-0.05, 0) is 54.9 Å². The van der Waals surface area contributed by atoms with Crippen molar-refractivity contribution in [2.75, 3.05) is 6.61 Å². The SMILES string of the molecule is O=C([O-])COc1ccc(/C=N\NC(=S)NC2CCCCC2)cc1. The molecule has 2 rings (SSSR count). The highest BCUT2D eigenvalue weighted by atomic mass is 32.1. The van der Waals surface area contributed by atoms with Gasteiger partial charge in [-0.15, -0.1) is 0 Å². The van der Waals surface area contributed by atoms with Crippen LogP contribution in [0.2, 0.25) is 0 Å². The first kappa shape index (κ1) is 17.2. The molecule has 1 aromatic carbocycles. The molecule has 6 nitrogen and oxygen atoms in total. The maximum Gasteiger partial charge on any atom is 0.187 e. The van der Waals surface area contributed by atoms with Crippen molar-refractivity contribution in [2.24, 2.45) is 5.10 Å². The van der Waals surface area contributed by atoms with E-state index >= 15 is 0 Å². The molecule has 0 aromatic heterocycles. The van der Waals surface area contributed by atoms with E-state index in [0.29, 0.717) is 16.9 Å². The maximum absolute atomic E-state index is 10.3. The summed E-state index contributed by atoms with van der Waals surface area (Å²) in [4.78, 5) is 10.3. The number of thiocarbonyl (C=S) groups is 1. The Bertz CT molecular complexity index is 554. The normalized spacial score (nSPS) is 15.3. The van der Waals surface area contributed by atoms with Gasteiger partial charge < -0.3 is 20.0 Å². The fourth-order valence-electron chi connectivity index (χ4n) is 2.42. The molecule has 7 heteroatoms. The third-order valence-corrected chi connectivity index (χ3v) is 3.77. The number of nitrogens with one attached hydrogen (secondary N) is 2. The van der Waals surface area contributed by atoms with Crippen LogP contribution in [-0.2, 0) is 4.79 Å². The van der Waals surface area contributed by atoms with Gasteiger partial charge in [-0.3, -0.25) is 5.43 Å². The number of carbonyl (C=O) groups excluding carboxylic acids is 1. The van der Waals surface area contributed by atoms with Crippen LogP contribution in [0.1, 0.15) is 37.7 Å². The topological polar surface area (TPSA) is 85.8 Å². The van der Waals surface area contributed by atoms with Crippen LogP contribution in [0.25, 0.3) is 0 Å². The number of aliphatic carboxylic acids is 1. The Morgan fingerprint density at radius 3 is 2.65 bits per heavy atom. The zero-order valence-electron chi connectivity index (χ0n) is 12.8. The van der Waals surface area contributed by atoms with Gasteiger partial charge in [0.2, 0.25) is 0 Å². The number of carbonyl (C=O) groups is 1. The first-order valence-electron chi connectivity index (χ1n) is 7.66. The summed E-state index contributed by atoms with van der Waals surface area (Å²) < 4.78 is 5.00. The quantitative estimate of drug-likeness (QED) is 0.458. The first-order valence-corrected chi connectivity index (χ1v) is 8.06. The van der Waals surface area contributed by atoms with Gasteiger partial charge in [0, 0.05) is 6.04 Å². The number of benzene rings is 1. The predicted octanol–water partition coefficient (Wildman–Crippen LogP) is 0.946. The van der Waals surface area contributed by atoms with Crippen molar-refractivity contribution < 1.29 is 14.6 Å². The minimum absolute atomic E-state index is 0.444. The summed E-state index contributed by atoms with van der Waals surface area (Å²) in [6.45, 7) is -0.462. The Hall–Kier alpha value is -2.15. The second-order valence-corrected chi connectivity index (χ2v) is 5.82. The number of rotatable bonds is 6. The molecule has 1 aliphatic carbocycles. The Morgan fingerprint density at radius 2 is 2.00 bits per heavy atom.